The Morgan fingerprint density at radius 3 is 2.25 bits per heavy atom. The van der Waals surface area contributed by atoms with Gasteiger partial charge in [-0.05, 0) is 55.0 Å². The van der Waals surface area contributed by atoms with Gasteiger partial charge in [-0.15, -0.1) is 4.91 Å². The van der Waals surface area contributed by atoms with Crippen LogP contribution in [0.25, 0.3) is 0 Å². The number of alkyl halides is 1. The lowest BCUT2D eigenvalue weighted by molar-refractivity contribution is 0.252. The fourth-order valence-corrected chi connectivity index (χ4v) is 2.54. The molecule has 0 aliphatic heterocycles. The lowest BCUT2D eigenvalue weighted by Crippen LogP contribution is -2.21. The highest BCUT2D eigenvalue weighted by Gasteiger charge is 2.45. The minimum absolute atomic E-state index is 0.357. The molecule has 0 amide bonds. The highest BCUT2D eigenvalue weighted by atomic mass is 35.5. The van der Waals surface area contributed by atoms with Crippen molar-refractivity contribution < 1.29 is 0 Å². The predicted molar refractivity (Wildman–Crippen MR) is 49.1 cm³/mol. The summed E-state index contributed by atoms with van der Waals surface area (Å²) in [6.07, 6.45) is 7.58. The smallest absolute Gasteiger partial charge is 0.149 e. The number of halogens is 1. The Balaban J connectivity index is 1.85. The van der Waals surface area contributed by atoms with Gasteiger partial charge in [0.1, 0.15) is 0 Å². The van der Waals surface area contributed by atoms with Crippen LogP contribution in [0.1, 0.15) is 38.5 Å². The first-order chi connectivity index (χ1) is 5.76. The van der Waals surface area contributed by atoms with E-state index in [2.05, 4.69) is 5.18 Å². The average molecular weight is 188 g/mol. The van der Waals surface area contributed by atoms with Gasteiger partial charge in [0, 0.05) is 0 Å². The fourth-order valence-electron chi connectivity index (χ4n) is 2.29. The normalized spacial score (nSPS) is 30.1. The SMILES string of the molecule is O=NC(Cl)C1CCC2(CC1)CC2. The zero-order chi connectivity index (χ0) is 8.60. The average Bonchev–Trinajstić information content (AvgIpc) is 2.85. The Hall–Kier alpha value is -0.110. The van der Waals surface area contributed by atoms with E-state index in [0.29, 0.717) is 11.3 Å². The van der Waals surface area contributed by atoms with Gasteiger partial charge in [-0.1, -0.05) is 11.6 Å². The van der Waals surface area contributed by atoms with Gasteiger partial charge in [0.2, 0.25) is 0 Å². The Labute approximate surface area is 77.6 Å². The summed E-state index contributed by atoms with van der Waals surface area (Å²) in [7, 11) is 0. The van der Waals surface area contributed by atoms with Crippen molar-refractivity contribution in [3.63, 3.8) is 0 Å². The van der Waals surface area contributed by atoms with Crippen LogP contribution in [0, 0.1) is 16.2 Å². The summed E-state index contributed by atoms with van der Waals surface area (Å²) in [6, 6.07) is 0. The number of rotatable bonds is 2. The van der Waals surface area contributed by atoms with Crippen LogP contribution >= 0.6 is 11.6 Å². The van der Waals surface area contributed by atoms with Crippen molar-refractivity contribution in [3.05, 3.63) is 4.91 Å². The summed E-state index contributed by atoms with van der Waals surface area (Å²) in [5.41, 5.74) is 0.219. The number of hydrogen-bond acceptors (Lipinski definition) is 2. The summed E-state index contributed by atoms with van der Waals surface area (Å²) in [5.74, 6) is 0.357. The number of hydrogen-bond donors (Lipinski definition) is 0. The standard InChI is InChI=1S/C9H14ClNO/c10-8(11-12)7-1-3-9(4-2-7)5-6-9/h7-8H,1-6H2. The molecule has 2 rings (SSSR count). The van der Waals surface area contributed by atoms with Gasteiger partial charge in [0.05, 0.1) is 0 Å². The molecule has 0 radical (unpaired) electrons. The van der Waals surface area contributed by atoms with Crippen LogP contribution in [0.3, 0.4) is 0 Å². The summed E-state index contributed by atoms with van der Waals surface area (Å²) in [5, 5.41) is 2.90. The van der Waals surface area contributed by atoms with Crippen molar-refractivity contribution in [1.82, 2.24) is 0 Å². The van der Waals surface area contributed by atoms with Crippen molar-refractivity contribution in [2.75, 3.05) is 0 Å². The fraction of sp³-hybridized carbons (Fsp3) is 1.00. The van der Waals surface area contributed by atoms with Crippen molar-refractivity contribution in [1.29, 1.82) is 0 Å². The lowest BCUT2D eigenvalue weighted by Gasteiger charge is -2.28. The summed E-state index contributed by atoms with van der Waals surface area (Å²) in [4.78, 5) is 10.2. The maximum Gasteiger partial charge on any atom is 0.168 e. The number of nitroso groups, excluding NO2 is 1. The molecule has 0 aromatic rings. The molecule has 0 heterocycles. The molecular weight excluding hydrogens is 174 g/mol. The van der Waals surface area contributed by atoms with E-state index >= 15 is 0 Å². The van der Waals surface area contributed by atoms with Crippen LogP contribution in [-0.2, 0) is 0 Å². The second-order valence-corrected chi connectivity index (χ2v) is 4.76. The van der Waals surface area contributed by atoms with Gasteiger partial charge in [-0.3, -0.25) is 0 Å². The zero-order valence-corrected chi connectivity index (χ0v) is 7.89. The van der Waals surface area contributed by atoms with E-state index in [4.69, 9.17) is 11.6 Å². The highest BCUT2D eigenvalue weighted by molar-refractivity contribution is 6.20. The van der Waals surface area contributed by atoms with Crippen LogP contribution in [0.4, 0.5) is 0 Å². The molecule has 3 heteroatoms. The van der Waals surface area contributed by atoms with E-state index in [0.717, 1.165) is 12.8 Å². The quantitative estimate of drug-likeness (QED) is 0.371. The van der Waals surface area contributed by atoms with Gasteiger partial charge in [-0.2, -0.15) is 0 Å². The Morgan fingerprint density at radius 1 is 1.25 bits per heavy atom. The van der Waals surface area contributed by atoms with E-state index in [9.17, 15) is 4.91 Å². The van der Waals surface area contributed by atoms with Crippen LogP contribution in [0.2, 0.25) is 0 Å². The second-order valence-electron chi connectivity index (χ2n) is 4.32. The first-order valence-electron chi connectivity index (χ1n) is 4.72. The molecule has 12 heavy (non-hydrogen) atoms. The molecule has 2 aliphatic rings. The molecule has 1 atom stereocenters. The topological polar surface area (TPSA) is 29.4 Å². The third kappa shape index (κ3) is 1.49. The molecule has 0 aromatic carbocycles. The molecular formula is C9H14ClNO. The molecule has 0 saturated heterocycles. The maximum absolute atomic E-state index is 10.2. The summed E-state index contributed by atoms with van der Waals surface area (Å²) < 4.78 is 0. The zero-order valence-electron chi connectivity index (χ0n) is 7.13. The maximum atomic E-state index is 10.2. The minimum Gasteiger partial charge on any atom is -0.149 e. The molecule has 0 bridgehead atoms. The van der Waals surface area contributed by atoms with Gasteiger partial charge < -0.3 is 0 Å². The first-order valence-corrected chi connectivity index (χ1v) is 5.16. The van der Waals surface area contributed by atoms with Crippen molar-refractivity contribution in [2.45, 2.75) is 44.0 Å². The molecule has 1 spiro atoms. The van der Waals surface area contributed by atoms with E-state index in [1.807, 2.05) is 0 Å². The van der Waals surface area contributed by atoms with Gasteiger partial charge in [0.25, 0.3) is 0 Å². The molecule has 2 nitrogen and oxygen atoms in total. The molecule has 1 unspecified atom stereocenters. The predicted octanol–water partition coefficient (Wildman–Crippen LogP) is 3.29. The Kier molecular flexibility index (Phi) is 2.11. The van der Waals surface area contributed by atoms with E-state index < -0.39 is 5.50 Å². The largest absolute Gasteiger partial charge is 0.168 e. The molecule has 2 aliphatic carbocycles. The molecule has 0 N–H and O–H groups in total. The van der Waals surface area contributed by atoms with Gasteiger partial charge in [-0.25, -0.2) is 0 Å². The van der Waals surface area contributed by atoms with Crippen LogP contribution in [0.15, 0.2) is 5.18 Å². The summed E-state index contributed by atoms with van der Waals surface area (Å²) >= 11 is 5.78. The lowest BCUT2D eigenvalue weighted by atomic mass is 9.80. The summed E-state index contributed by atoms with van der Waals surface area (Å²) in [6.45, 7) is 0. The van der Waals surface area contributed by atoms with E-state index in [1.165, 1.54) is 25.7 Å². The van der Waals surface area contributed by atoms with E-state index in [-0.39, 0.29) is 0 Å². The first kappa shape index (κ1) is 8.49. The van der Waals surface area contributed by atoms with Crippen molar-refractivity contribution in [3.8, 4) is 0 Å². The monoisotopic (exact) mass is 187 g/mol. The van der Waals surface area contributed by atoms with Crippen LogP contribution in [-0.4, -0.2) is 5.50 Å². The molecule has 2 saturated carbocycles. The second kappa shape index (κ2) is 2.99. The van der Waals surface area contributed by atoms with Crippen LogP contribution < -0.4 is 0 Å². The molecule has 68 valence electrons. The van der Waals surface area contributed by atoms with Gasteiger partial charge in [0.15, 0.2) is 5.50 Å². The minimum atomic E-state index is -0.471. The Bertz CT molecular complexity index is 181. The molecule has 0 aromatic heterocycles. The van der Waals surface area contributed by atoms with E-state index in [1.54, 1.807) is 0 Å². The van der Waals surface area contributed by atoms with Crippen molar-refractivity contribution >= 4 is 11.6 Å². The third-order valence-electron chi connectivity index (χ3n) is 3.54. The highest BCUT2D eigenvalue weighted by Crippen LogP contribution is 2.57. The number of nitrogens with zero attached hydrogens (tertiary/aromatic N) is 1. The van der Waals surface area contributed by atoms with Gasteiger partial charge >= 0.3 is 0 Å². The van der Waals surface area contributed by atoms with Crippen LogP contribution in [0.5, 0.6) is 0 Å². The Morgan fingerprint density at radius 2 is 1.83 bits per heavy atom. The molecule has 2 fully saturated rings. The third-order valence-corrected chi connectivity index (χ3v) is 3.97. The van der Waals surface area contributed by atoms with Crippen molar-refractivity contribution in [2.24, 2.45) is 16.5 Å².